The lowest BCUT2D eigenvalue weighted by Crippen LogP contribution is -2.16. The fourth-order valence-corrected chi connectivity index (χ4v) is 8.38. The second-order valence-electron chi connectivity index (χ2n) is 8.89. The summed E-state index contributed by atoms with van der Waals surface area (Å²) in [6.07, 6.45) is 0.639. The molecule has 0 N–H and O–H groups in total. The van der Waals surface area contributed by atoms with E-state index in [1.165, 1.54) is 11.1 Å². The molecule has 35 heavy (non-hydrogen) atoms. The molecule has 168 valence electrons. The molecule has 5 aromatic rings. The Balaban J connectivity index is 1.53. The van der Waals surface area contributed by atoms with Crippen molar-refractivity contribution in [3.8, 4) is 11.1 Å². The van der Waals surface area contributed by atoms with E-state index in [1.54, 1.807) is 0 Å². The molecule has 0 fully saturated rings. The number of benzene rings is 5. The Hall–Kier alpha value is -3.93. The first kappa shape index (κ1) is 21.6. The van der Waals surface area contributed by atoms with E-state index in [9.17, 15) is 0 Å². The minimum atomic E-state index is -3.00. The van der Waals surface area contributed by atoms with Gasteiger partial charge in [-0.2, -0.15) is 0 Å². The summed E-state index contributed by atoms with van der Waals surface area (Å²) >= 11 is 0. The van der Waals surface area contributed by atoms with E-state index < -0.39 is 7.14 Å². The third-order valence-corrected chi connectivity index (χ3v) is 10.0. The second-order valence-corrected chi connectivity index (χ2v) is 11.6. The highest BCUT2D eigenvalue weighted by atomic mass is 31.2. The lowest BCUT2D eigenvalue weighted by Gasteiger charge is -2.19. The zero-order valence-corrected chi connectivity index (χ0v) is 20.2. The smallest absolute Gasteiger partial charge is 0.168 e. The Labute approximate surface area is 206 Å². The van der Waals surface area contributed by atoms with Crippen LogP contribution in [-0.4, -0.2) is 0 Å². The third-order valence-electron chi connectivity index (χ3n) is 6.80. The fourth-order valence-electron chi connectivity index (χ4n) is 5.12. The summed E-state index contributed by atoms with van der Waals surface area (Å²) in [5.41, 5.74) is 6.86. The van der Waals surface area contributed by atoms with Gasteiger partial charge in [-0.1, -0.05) is 140 Å². The molecular weight excluding hydrogens is 443 g/mol. The van der Waals surface area contributed by atoms with Crippen molar-refractivity contribution in [3.63, 3.8) is 0 Å². The Morgan fingerprint density at radius 3 is 1.66 bits per heavy atom. The molecule has 0 aromatic heterocycles. The van der Waals surface area contributed by atoms with Crippen LogP contribution in [0.1, 0.15) is 16.7 Å². The maximum atomic E-state index is 15.2. The van der Waals surface area contributed by atoms with Gasteiger partial charge in [-0.25, -0.2) is 0 Å². The van der Waals surface area contributed by atoms with E-state index in [2.05, 4.69) is 91.0 Å². The van der Waals surface area contributed by atoms with Gasteiger partial charge in [0.25, 0.3) is 0 Å². The molecule has 0 saturated heterocycles. The van der Waals surface area contributed by atoms with Gasteiger partial charge in [0.1, 0.15) is 0 Å². The Morgan fingerprint density at radius 1 is 0.486 bits per heavy atom. The van der Waals surface area contributed by atoms with Crippen molar-refractivity contribution in [3.05, 3.63) is 162 Å². The third kappa shape index (κ3) is 3.79. The molecule has 2 heteroatoms. The summed E-state index contributed by atoms with van der Waals surface area (Å²) in [6.45, 7) is 0. The molecule has 1 aliphatic heterocycles. The predicted octanol–water partition coefficient (Wildman–Crippen LogP) is 7.68. The summed E-state index contributed by atoms with van der Waals surface area (Å²) in [7, 11) is -3.00. The molecule has 0 saturated carbocycles. The van der Waals surface area contributed by atoms with Crippen LogP contribution < -0.4 is 10.6 Å². The van der Waals surface area contributed by atoms with E-state index in [4.69, 9.17) is 0 Å². The molecule has 1 nitrogen and oxygen atoms in total. The molecule has 0 spiro atoms. The molecule has 0 amide bonds. The highest BCUT2D eigenvalue weighted by Gasteiger charge is 2.42. The molecule has 1 aliphatic rings. The van der Waals surface area contributed by atoms with Gasteiger partial charge in [-0.3, -0.25) is 0 Å². The lowest BCUT2D eigenvalue weighted by atomic mass is 9.95. The lowest BCUT2D eigenvalue weighted by molar-refractivity contribution is 0.590. The Morgan fingerprint density at radius 2 is 1.00 bits per heavy atom. The molecule has 1 atom stereocenters. The van der Waals surface area contributed by atoms with Gasteiger partial charge in [0.2, 0.25) is 0 Å². The van der Waals surface area contributed by atoms with Crippen LogP contribution >= 0.6 is 7.14 Å². The summed E-state index contributed by atoms with van der Waals surface area (Å²) in [5.74, 6) is 0. The first-order valence-electron chi connectivity index (χ1n) is 11.9. The van der Waals surface area contributed by atoms with Gasteiger partial charge < -0.3 is 4.57 Å². The van der Waals surface area contributed by atoms with Crippen molar-refractivity contribution in [1.82, 2.24) is 0 Å². The minimum Gasteiger partial charge on any atom is -0.309 e. The SMILES string of the molecule is O=P1(c2ccccc2)C(Cc2ccc(-c3ccccc3)cc2)=C(c2ccccc2)c2ccccc21. The van der Waals surface area contributed by atoms with Gasteiger partial charge in [0, 0.05) is 22.3 Å². The standard InChI is InChI=1S/C33H25OP/c34-35(29-16-8-3-9-17-29)31-19-11-10-18-30(31)33(28-14-6-2-7-15-28)32(35)24-25-20-22-27(23-21-25)26-12-4-1-5-13-26/h1-23H,24H2. The molecule has 6 rings (SSSR count). The van der Waals surface area contributed by atoms with Crippen LogP contribution in [0.4, 0.5) is 0 Å². The molecule has 1 heterocycles. The topological polar surface area (TPSA) is 17.1 Å². The average Bonchev–Trinajstić information content (AvgIpc) is 3.19. The van der Waals surface area contributed by atoms with Crippen molar-refractivity contribution < 1.29 is 4.57 Å². The number of hydrogen-bond donors (Lipinski definition) is 0. The highest BCUT2D eigenvalue weighted by molar-refractivity contribution is 7.83. The monoisotopic (exact) mass is 468 g/mol. The van der Waals surface area contributed by atoms with Crippen LogP contribution in [0.25, 0.3) is 16.7 Å². The Kier molecular flexibility index (Phi) is 5.57. The quantitative estimate of drug-likeness (QED) is 0.242. The van der Waals surface area contributed by atoms with Crippen molar-refractivity contribution in [2.45, 2.75) is 6.42 Å². The van der Waals surface area contributed by atoms with Crippen LogP contribution in [0.15, 0.2) is 145 Å². The average molecular weight is 469 g/mol. The van der Waals surface area contributed by atoms with Gasteiger partial charge >= 0.3 is 0 Å². The Bertz CT molecular complexity index is 1550. The molecule has 0 bridgehead atoms. The number of allylic oxidation sites excluding steroid dienone is 1. The van der Waals surface area contributed by atoms with Crippen LogP contribution in [0.3, 0.4) is 0 Å². The second kappa shape index (κ2) is 9.02. The molecule has 1 unspecified atom stereocenters. The zero-order chi connectivity index (χ0) is 23.7. The first-order valence-corrected chi connectivity index (χ1v) is 13.6. The summed E-state index contributed by atoms with van der Waals surface area (Å²) in [5, 5.41) is 2.86. The van der Waals surface area contributed by atoms with Crippen molar-refractivity contribution in [2.24, 2.45) is 0 Å². The van der Waals surface area contributed by atoms with Crippen molar-refractivity contribution in [1.29, 1.82) is 0 Å². The maximum Gasteiger partial charge on any atom is 0.168 e. The van der Waals surface area contributed by atoms with Crippen molar-refractivity contribution >= 4 is 23.3 Å². The normalized spacial score (nSPS) is 16.8. The van der Waals surface area contributed by atoms with Crippen LogP contribution in [0.2, 0.25) is 0 Å². The number of hydrogen-bond acceptors (Lipinski definition) is 1. The largest absolute Gasteiger partial charge is 0.309 e. The van der Waals surface area contributed by atoms with E-state index in [-0.39, 0.29) is 0 Å². The van der Waals surface area contributed by atoms with E-state index in [1.807, 2.05) is 48.5 Å². The van der Waals surface area contributed by atoms with Crippen LogP contribution in [0, 0.1) is 0 Å². The van der Waals surface area contributed by atoms with Gasteiger partial charge in [-0.05, 0) is 33.4 Å². The van der Waals surface area contributed by atoms with E-state index in [0.29, 0.717) is 6.42 Å². The van der Waals surface area contributed by atoms with Crippen molar-refractivity contribution in [2.75, 3.05) is 0 Å². The first-order chi connectivity index (χ1) is 17.2. The van der Waals surface area contributed by atoms with E-state index in [0.717, 1.165) is 38.2 Å². The molecule has 5 aromatic carbocycles. The zero-order valence-electron chi connectivity index (χ0n) is 19.3. The van der Waals surface area contributed by atoms with E-state index >= 15 is 4.57 Å². The minimum absolute atomic E-state index is 0.639. The summed E-state index contributed by atoms with van der Waals surface area (Å²) < 4.78 is 15.2. The van der Waals surface area contributed by atoms with Crippen LogP contribution in [-0.2, 0) is 11.0 Å². The maximum absolute atomic E-state index is 15.2. The molecular formula is C33H25OP. The fraction of sp³-hybridized carbons (Fsp3) is 0.0303. The van der Waals surface area contributed by atoms with Gasteiger partial charge in [-0.15, -0.1) is 0 Å². The molecule has 0 radical (unpaired) electrons. The highest BCUT2D eigenvalue weighted by Crippen LogP contribution is 2.61. The summed E-state index contributed by atoms with van der Waals surface area (Å²) in [6, 6.07) is 47.8. The number of fused-ring (bicyclic) bond motifs is 1. The molecule has 0 aliphatic carbocycles. The van der Waals surface area contributed by atoms with Gasteiger partial charge in [0.05, 0.1) is 0 Å². The van der Waals surface area contributed by atoms with Crippen LogP contribution in [0.5, 0.6) is 0 Å². The predicted molar refractivity (Wildman–Crippen MR) is 148 cm³/mol. The number of rotatable bonds is 5. The van der Waals surface area contributed by atoms with Gasteiger partial charge in [0.15, 0.2) is 7.14 Å². The summed E-state index contributed by atoms with van der Waals surface area (Å²) in [4.78, 5) is 0.